The van der Waals surface area contributed by atoms with Crippen molar-refractivity contribution in [2.24, 2.45) is 0 Å². The molecule has 0 aliphatic rings. The molecule has 2 aromatic carbocycles. The fourth-order valence-electron chi connectivity index (χ4n) is 2.36. The van der Waals surface area contributed by atoms with Crippen molar-refractivity contribution in [3.8, 4) is 23.0 Å². The molecule has 144 valence electrons. The van der Waals surface area contributed by atoms with Crippen molar-refractivity contribution >= 4 is 12.0 Å². The largest absolute Gasteiger partial charge is 0.494 e. The maximum Gasteiger partial charge on any atom is 0.331 e. The van der Waals surface area contributed by atoms with Crippen molar-refractivity contribution in [3.63, 3.8) is 0 Å². The highest BCUT2D eigenvalue weighted by Gasteiger charge is 2.12. The summed E-state index contributed by atoms with van der Waals surface area (Å²) in [5.41, 5.74) is 1.18. The van der Waals surface area contributed by atoms with Crippen LogP contribution in [0.3, 0.4) is 0 Å². The molecule has 0 atom stereocenters. The summed E-state index contributed by atoms with van der Waals surface area (Å²) >= 11 is 0. The maximum absolute atomic E-state index is 13.6. The highest BCUT2D eigenvalue weighted by atomic mass is 19.1. The molecule has 27 heavy (non-hydrogen) atoms. The predicted octanol–water partition coefficient (Wildman–Crippen LogP) is 3.62. The number of methoxy groups -OCH3 is 4. The Morgan fingerprint density at radius 2 is 1.56 bits per heavy atom. The number of esters is 1. The van der Waals surface area contributed by atoms with E-state index in [1.807, 2.05) is 0 Å². The van der Waals surface area contributed by atoms with Crippen LogP contribution in [0.2, 0.25) is 0 Å². The third-order valence-electron chi connectivity index (χ3n) is 3.70. The van der Waals surface area contributed by atoms with Crippen LogP contribution in [0.4, 0.5) is 4.39 Å². The molecule has 0 fully saturated rings. The quantitative estimate of drug-likeness (QED) is 0.518. The minimum absolute atomic E-state index is 0.0562. The van der Waals surface area contributed by atoms with Gasteiger partial charge in [0.05, 0.1) is 28.4 Å². The van der Waals surface area contributed by atoms with Crippen molar-refractivity contribution in [1.29, 1.82) is 0 Å². The maximum atomic E-state index is 13.6. The van der Waals surface area contributed by atoms with Gasteiger partial charge in [0.2, 0.25) is 5.75 Å². The van der Waals surface area contributed by atoms with Crippen LogP contribution in [0.25, 0.3) is 6.08 Å². The molecule has 0 amide bonds. The Balaban J connectivity index is 2.05. The van der Waals surface area contributed by atoms with Gasteiger partial charge in [-0.2, -0.15) is 0 Å². The molecular weight excluding hydrogens is 355 g/mol. The molecule has 6 nitrogen and oxygen atoms in total. The number of carbonyl (C=O) groups is 1. The van der Waals surface area contributed by atoms with Crippen molar-refractivity contribution in [1.82, 2.24) is 0 Å². The Hall–Kier alpha value is -3.22. The average molecular weight is 376 g/mol. The van der Waals surface area contributed by atoms with Crippen molar-refractivity contribution in [2.45, 2.75) is 6.61 Å². The molecule has 0 aliphatic carbocycles. The molecule has 2 aromatic rings. The molecule has 2 rings (SSSR count). The van der Waals surface area contributed by atoms with Crippen molar-refractivity contribution in [3.05, 3.63) is 53.4 Å². The van der Waals surface area contributed by atoms with Gasteiger partial charge in [0.15, 0.2) is 23.1 Å². The van der Waals surface area contributed by atoms with E-state index in [4.69, 9.17) is 23.7 Å². The fraction of sp³-hybridized carbons (Fsp3) is 0.250. The van der Waals surface area contributed by atoms with Gasteiger partial charge in [-0.1, -0.05) is 6.07 Å². The second-order valence-corrected chi connectivity index (χ2v) is 5.37. The Labute approximate surface area is 157 Å². The van der Waals surface area contributed by atoms with Gasteiger partial charge >= 0.3 is 5.97 Å². The Morgan fingerprint density at radius 1 is 0.926 bits per heavy atom. The Morgan fingerprint density at radius 3 is 2.07 bits per heavy atom. The zero-order chi connectivity index (χ0) is 19.8. The van der Waals surface area contributed by atoms with Gasteiger partial charge in [0.25, 0.3) is 0 Å². The number of rotatable bonds is 8. The molecule has 0 bridgehead atoms. The topological polar surface area (TPSA) is 63.2 Å². The summed E-state index contributed by atoms with van der Waals surface area (Å²) in [5, 5.41) is 0. The lowest BCUT2D eigenvalue weighted by Gasteiger charge is -2.12. The smallest absolute Gasteiger partial charge is 0.331 e. The molecule has 0 aliphatic heterocycles. The molecule has 0 radical (unpaired) electrons. The van der Waals surface area contributed by atoms with Gasteiger partial charge in [0, 0.05) is 6.08 Å². The van der Waals surface area contributed by atoms with Crippen LogP contribution in [0, 0.1) is 5.82 Å². The lowest BCUT2D eigenvalue weighted by Crippen LogP contribution is -2.01. The molecule has 0 heterocycles. The lowest BCUT2D eigenvalue weighted by molar-refractivity contribution is -0.138. The van der Waals surface area contributed by atoms with E-state index >= 15 is 0 Å². The van der Waals surface area contributed by atoms with E-state index in [1.54, 1.807) is 24.3 Å². The lowest BCUT2D eigenvalue weighted by atomic mass is 10.1. The van der Waals surface area contributed by atoms with Gasteiger partial charge < -0.3 is 23.7 Å². The number of ether oxygens (including phenoxy) is 5. The summed E-state index contributed by atoms with van der Waals surface area (Å²) in [6.45, 7) is -0.0562. The normalized spacial score (nSPS) is 10.6. The van der Waals surface area contributed by atoms with E-state index in [1.165, 1.54) is 46.6 Å². The van der Waals surface area contributed by atoms with E-state index in [0.717, 1.165) is 0 Å². The Bertz CT molecular complexity index is 806. The highest BCUT2D eigenvalue weighted by Crippen LogP contribution is 2.38. The minimum atomic E-state index is -0.569. The van der Waals surface area contributed by atoms with Crippen LogP contribution in [-0.4, -0.2) is 34.4 Å². The van der Waals surface area contributed by atoms with Crippen LogP contribution < -0.4 is 18.9 Å². The van der Waals surface area contributed by atoms with Crippen LogP contribution in [0.15, 0.2) is 36.4 Å². The molecule has 0 N–H and O–H groups in total. The van der Waals surface area contributed by atoms with Crippen molar-refractivity contribution < 1.29 is 32.9 Å². The molecule has 0 spiro atoms. The third kappa shape index (κ3) is 5.13. The van der Waals surface area contributed by atoms with Crippen LogP contribution in [0.5, 0.6) is 23.0 Å². The summed E-state index contributed by atoms with van der Waals surface area (Å²) < 4.78 is 39.4. The van der Waals surface area contributed by atoms with Crippen LogP contribution in [0.1, 0.15) is 11.1 Å². The molecule has 0 saturated carbocycles. The van der Waals surface area contributed by atoms with Gasteiger partial charge in [0.1, 0.15) is 6.61 Å². The van der Waals surface area contributed by atoms with Gasteiger partial charge in [-0.25, -0.2) is 9.18 Å². The predicted molar refractivity (Wildman–Crippen MR) is 97.9 cm³/mol. The van der Waals surface area contributed by atoms with Crippen molar-refractivity contribution in [2.75, 3.05) is 28.4 Å². The van der Waals surface area contributed by atoms with Gasteiger partial charge in [-0.3, -0.25) is 0 Å². The van der Waals surface area contributed by atoms with Crippen LogP contribution >= 0.6 is 0 Å². The first-order chi connectivity index (χ1) is 13.0. The summed E-state index contributed by atoms with van der Waals surface area (Å²) in [4.78, 5) is 11.9. The summed E-state index contributed by atoms with van der Waals surface area (Å²) in [7, 11) is 5.90. The van der Waals surface area contributed by atoms with E-state index < -0.39 is 11.8 Å². The number of hydrogen-bond donors (Lipinski definition) is 0. The number of hydrogen-bond acceptors (Lipinski definition) is 6. The zero-order valence-corrected chi connectivity index (χ0v) is 15.6. The van der Waals surface area contributed by atoms with Gasteiger partial charge in [-0.15, -0.1) is 0 Å². The van der Waals surface area contributed by atoms with E-state index in [2.05, 4.69) is 0 Å². The summed E-state index contributed by atoms with van der Waals surface area (Å²) in [6.07, 6.45) is 2.82. The second-order valence-electron chi connectivity index (χ2n) is 5.37. The second kappa shape index (κ2) is 9.47. The molecule has 0 aromatic heterocycles. The highest BCUT2D eigenvalue weighted by molar-refractivity contribution is 5.87. The molecule has 7 heteroatoms. The zero-order valence-electron chi connectivity index (χ0n) is 15.6. The van der Waals surface area contributed by atoms with E-state index in [0.29, 0.717) is 28.4 Å². The molecule has 0 unspecified atom stereocenters. The number of carbonyl (C=O) groups excluding carboxylic acids is 1. The third-order valence-corrected chi connectivity index (χ3v) is 3.70. The summed E-state index contributed by atoms with van der Waals surface area (Å²) in [6, 6.07) is 7.76. The molecule has 0 saturated heterocycles. The molecular formula is C20H21FO6. The average Bonchev–Trinajstić information content (AvgIpc) is 2.69. The SMILES string of the molecule is COc1ccc(COC(=O)C=Cc2cc(OC)c(OC)c(OC)c2)cc1F. The first kappa shape index (κ1) is 20.1. The fourth-order valence-corrected chi connectivity index (χ4v) is 2.36. The monoisotopic (exact) mass is 376 g/mol. The standard InChI is InChI=1S/C20H21FO6/c1-23-16-7-5-14(9-15(16)21)12-27-19(22)8-6-13-10-17(24-2)20(26-4)18(11-13)25-3/h5-11H,12H2,1-4H3. The van der Waals surface area contributed by atoms with Crippen LogP contribution in [-0.2, 0) is 16.1 Å². The number of benzene rings is 2. The minimum Gasteiger partial charge on any atom is -0.494 e. The summed E-state index contributed by atoms with van der Waals surface area (Å²) in [5.74, 6) is 0.449. The first-order valence-corrected chi connectivity index (χ1v) is 7.99. The number of halogens is 1. The Kier molecular flexibility index (Phi) is 7.05. The van der Waals surface area contributed by atoms with E-state index in [9.17, 15) is 9.18 Å². The van der Waals surface area contributed by atoms with Gasteiger partial charge in [-0.05, 0) is 41.5 Å². The van der Waals surface area contributed by atoms with E-state index in [-0.39, 0.29) is 12.4 Å². The first-order valence-electron chi connectivity index (χ1n) is 7.99.